The number of aryl methyl sites for hydroxylation is 2. The molecule has 0 bridgehead atoms. The molecule has 0 aliphatic heterocycles. The van der Waals surface area contributed by atoms with Crippen molar-refractivity contribution in [3.8, 4) is 11.3 Å². The van der Waals surface area contributed by atoms with Gasteiger partial charge in [0, 0.05) is 30.5 Å². The molecule has 1 aromatic carbocycles. The van der Waals surface area contributed by atoms with Crippen molar-refractivity contribution in [2.75, 3.05) is 13.6 Å². The third-order valence-corrected chi connectivity index (χ3v) is 4.43. The van der Waals surface area contributed by atoms with E-state index in [1.54, 1.807) is 24.1 Å². The number of rotatable bonds is 8. The summed E-state index contributed by atoms with van der Waals surface area (Å²) in [6, 6.07) is 10.0. The molecule has 6 nitrogen and oxygen atoms in total. The summed E-state index contributed by atoms with van der Waals surface area (Å²) >= 11 is 0. The number of hydrogen-bond acceptors (Lipinski definition) is 3. The molecular formula is C20H24FN5O. The number of nitrogens with zero attached hydrogens (tertiary/aromatic N) is 3. The molecule has 0 unspecified atom stereocenters. The molecule has 3 aromatic rings. The summed E-state index contributed by atoms with van der Waals surface area (Å²) in [5.41, 5.74) is 4.09. The van der Waals surface area contributed by atoms with E-state index in [4.69, 9.17) is 0 Å². The van der Waals surface area contributed by atoms with Crippen molar-refractivity contribution in [1.29, 1.82) is 0 Å². The monoisotopic (exact) mass is 369 g/mol. The summed E-state index contributed by atoms with van der Waals surface area (Å²) in [5.74, 6) is -0.342. The van der Waals surface area contributed by atoms with Crippen LogP contribution in [0.5, 0.6) is 0 Å². The van der Waals surface area contributed by atoms with Crippen molar-refractivity contribution in [3.63, 3.8) is 0 Å². The van der Waals surface area contributed by atoms with Crippen molar-refractivity contribution in [2.45, 2.75) is 32.6 Å². The van der Waals surface area contributed by atoms with Crippen LogP contribution in [0.4, 0.5) is 4.39 Å². The lowest BCUT2D eigenvalue weighted by Gasteiger charge is -2.15. The van der Waals surface area contributed by atoms with E-state index in [2.05, 4.69) is 27.3 Å². The molecule has 3 rings (SSSR count). The van der Waals surface area contributed by atoms with Crippen LogP contribution in [0.1, 0.15) is 41.6 Å². The molecule has 27 heavy (non-hydrogen) atoms. The standard InChI is InChI=1S/C20H24FN5O/c1-3-5-16-13-19(25-22-16)20(27)26(2)11-4-6-17-12-18(24-23-17)14-7-9-15(21)10-8-14/h7-10,12-13H,3-6,11H2,1-2H3,(H,22,25)(H,23,24). The SMILES string of the molecule is CCCc1cc(C(=O)N(C)CCCc2cc(-c3ccc(F)cc3)n[nH]2)n[nH]1. The second-order valence-electron chi connectivity index (χ2n) is 6.64. The van der Waals surface area contributed by atoms with E-state index in [1.165, 1.54) is 12.1 Å². The number of H-pyrrole nitrogens is 2. The number of nitrogens with one attached hydrogen (secondary N) is 2. The fraction of sp³-hybridized carbons (Fsp3) is 0.350. The maximum absolute atomic E-state index is 13.0. The normalized spacial score (nSPS) is 10.9. The highest BCUT2D eigenvalue weighted by molar-refractivity contribution is 5.92. The van der Waals surface area contributed by atoms with E-state index in [9.17, 15) is 9.18 Å². The zero-order chi connectivity index (χ0) is 19.2. The summed E-state index contributed by atoms with van der Waals surface area (Å²) in [7, 11) is 1.79. The molecule has 0 saturated heterocycles. The van der Waals surface area contributed by atoms with E-state index in [0.29, 0.717) is 12.2 Å². The highest BCUT2D eigenvalue weighted by Crippen LogP contribution is 2.18. The second kappa shape index (κ2) is 8.62. The second-order valence-corrected chi connectivity index (χ2v) is 6.64. The minimum Gasteiger partial charge on any atom is -0.340 e. The zero-order valence-electron chi connectivity index (χ0n) is 15.6. The molecule has 0 atom stereocenters. The first-order valence-corrected chi connectivity index (χ1v) is 9.16. The fourth-order valence-electron chi connectivity index (χ4n) is 2.93. The maximum atomic E-state index is 13.0. The lowest BCUT2D eigenvalue weighted by molar-refractivity contribution is 0.0787. The Balaban J connectivity index is 1.50. The summed E-state index contributed by atoms with van der Waals surface area (Å²) in [6.45, 7) is 2.71. The van der Waals surface area contributed by atoms with Gasteiger partial charge in [0.25, 0.3) is 5.91 Å². The van der Waals surface area contributed by atoms with Gasteiger partial charge in [-0.1, -0.05) is 13.3 Å². The average molecular weight is 369 g/mol. The van der Waals surface area contributed by atoms with Gasteiger partial charge in [-0.2, -0.15) is 10.2 Å². The first kappa shape index (κ1) is 18.8. The van der Waals surface area contributed by atoms with Crippen molar-refractivity contribution in [2.24, 2.45) is 0 Å². The fourth-order valence-corrected chi connectivity index (χ4v) is 2.93. The first-order valence-electron chi connectivity index (χ1n) is 9.16. The third kappa shape index (κ3) is 4.81. The Morgan fingerprint density at radius 2 is 1.78 bits per heavy atom. The van der Waals surface area contributed by atoms with Crippen LogP contribution in [-0.2, 0) is 12.8 Å². The van der Waals surface area contributed by atoms with Gasteiger partial charge in [-0.15, -0.1) is 0 Å². The smallest absolute Gasteiger partial charge is 0.274 e. The van der Waals surface area contributed by atoms with Crippen LogP contribution in [0.25, 0.3) is 11.3 Å². The van der Waals surface area contributed by atoms with Gasteiger partial charge in [0.05, 0.1) is 5.69 Å². The lowest BCUT2D eigenvalue weighted by Crippen LogP contribution is -2.28. The molecule has 2 heterocycles. The van der Waals surface area contributed by atoms with E-state index < -0.39 is 0 Å². The molecule has 0 spiro atoms. The molecule has 7 heteroatoms. The van der Waals surface area contributed by atoms with E-state index >= 15 is 0 Å². The van der Waals surface area contributed by atoms with Crippen molar-refractivity contribution in [3.05, 3.63) is 59.3 Å². The van der Waals surface area contributed by atoms with Crippen LogP contribution >= 0.6 is 0 Å². The van der Waals surface area contributed by atoms with Gasteiger partial charge < -0.3 is 4.90 Å². The molecule has 1 amide bonds. The molecule has 2 N–H and O–H groups in total. The van der Waals surface area contributed by atoms with Crippen molar-refractivity contribution < 1.29 is 9.18 Å². The van der Waals surface area contributed by atoms with E-state index in [0.717, 1.165) is 48.3 Å². The van der Waals surface area contributed by atoms with Gasteiger partial charge in [0.2, 0.25) is 0 Å². The van der Waals surface area contributed by atoms with E-state index in [-0.39, 0.29) is 11.7 Å². The Kier molecular flexibility index (Phi) is 6.01. The summed E-state index contributed by atoms with van der Waals surface area (Å²) in [5, 5.41) is 14.3. The van der Waals surface area contributed by atoms with Crippen LogP contribution in [0.15, 0.2) is 36.4 Å². The number of carbonyl (C=O) groups is 1. The molecule has 0 aliphatic carbocycles. The van der Waals surface area contributed by atoms with Gasteiger partial charge in [0.1, 0.15) is 11.5 Å². The number of hydrogen-bond donors (Lipinski definition) is 2. The highest BCUT2D eigenvalue weighted by atomic mass is 19.1. The van der Waals surface area contributed by atoms with Crippen LogP contribution in [0.3, 0.4) is 0 Å². The average Bonchev–Trinajstić information content (AvgIpc) is 3.32. The largest absolute Gasteiger partial charge is 0.340 e. The molecule has 0 aliphatic rings. The van der Waals surface area contributed by atoms with Crippen LogP contribution in [0.2, 0.25) is 0 Å². The Hall–Kier alpha value is -2.96. The predicted octanol–water partition coefficient (Wildman–Crippen LogP) is 3.60. The Morgan fingerprint density at radius 1 is 1.07 bits per heavy atom. The molecular weight excluding hydrogens is 345 g/mol. The number of carbonyl (C=O) groups excluding carboxylic acids is 1. The summed E-state index contributed by atoms with van der Waals surface area (Å²) in [4.78, 5) is 14.1. The van der Waals surface area contributed by atoms with Gasteiger partial charge >= 0.3 is 0 Å². The maximum Gasteiger partial charge on any atom is 0.274 e. The molecule has 0 radical (unpaired) electrons. The van der Waals surface area contributed by atoms with Gasteiger partial charge in [-0.05, 0) is 55.7 Å². The lowest BCUT2D eigenvalue weighted by atomic mass is 10.1. The summed E-state index contributed by atoms with van der Waals surface area (Å²) in [6.07, 6.45) is 3.48. The summed E-state index contributed by atoms with van der Waals surface area (Å²) < 4.78 is 13.0. The predicted molar refractivity (Wildman–Crippen MR) is 102 cm³/mol. The number of halogens is 1. The van der Waals surface area contributed by atoms with Crippen LogP contribution in [0, 0.1) is 5.82 Å². The Labute approximate surface area is 157 Å². The number of aromatic amines is 2. The van der Waals surface area contributed by atoms with Crippen molar-refractivity contribution in [1.82, 2.24) is 25.3 Å². The third-order valence-electron chi connectivity index (χ3n) is 4.43. The van der Waals surface area contributed by atoms with Crippen LogP contribution < -0.4 is 0 Å². The van der Waals surface area contributed by atoms with Gasteiger partial charge in [-0.3, -0.25) is 15.0 Å². The molecule has 142 valence electrons. The molecule has 0 fully saturated rings. The van der Waals surface area contributed by atoms with Gasteiger partial charge in [0.15, 0.2) is 0 Å². The highest BCUT2D eigenvalue weighted by Gasteiger charge is 2.15. The van der Waals surface area contributed by atoms with E-state index in [1.807, 2.05) is 12.1 Å². The topological polar surface area (TPSA) is 77.7 Å². The number of amides is 1. The quantitative estimate of drug-likeness (QED) is 0.637. The van der Waals surface area contributed by atoms with Crippen molar-refractivity contribution >= 4 is 5.91 Å². The van der Waals surface area contributed by atoms with Gasteiger partial charge in [-0.25, -0.2) is 4.39 Å². The first-order chi connectivity index (χ1) is 13.1. The minimum atomic E-state index is -0.263. The molecule has 2 aromatic heterocycles. The number of aromatic nitrogens is 4. The Morgan fingerprint density at radius 3 is 2.52 bits per heavy atom. The van der Waals surface area contributed by atoms with Crippen LogP contribution in [-0.4, -0.2) is 44.8 Å². The number of benzene rings is 1. The minimum absolute atomic E-state index is 0.0785. The Bertz CT molecular complexity index is 884. The zero-order valence-corrected chi connectivity index (χ0v) is 15.6. The molecule has 0 saturated carbocycles.